The van der Waals surface area contributed by atoms with Crippen LogP contribution in [0.4, 0.5) is 17.6 Å². The van der Waals surface area contributed by atoms with Gasteiger partial charge in [0.2, 0.25) is 11.9 Å². The highest BCUT2D eigenvalue weighted by Crippen LogP contribution is 2.15. The first-order valence-electron chi connectivity index (χ1n) is 5.58. The molecule has 98 valence electrons. The standard InChI is InChI=1S/C12H14N6O/c1-13-11-15-12(17-16-11)14-9-6-4-8(5-7-9)10(19)18(2)3/h4-7H,1H2,2-3H3,(H2,14,15,16,17). The van der Waals surface area contributed by atoms with E-state index in [4.69, 9.17) is 0 Å². The van der Waals surface area contributed by atoms with Crippen molar-refractivity contribution in [2.45, 2.75) is 0 Å². The minimum atomic E-state index is -0.0393. The fraction of sp³-hybridized carbons (Fsp3) is 0.167. The Kier molecular flexibility index (Phi) is 3.56. The van der Waals surface area contributed by atoms with Crippen LogP contribution in [0.5, 0.6) is 0 Å². The number of H-pyrrole nitrogens is 1. The molecular formula is C12H14N6O. The topological polar surface area (TPSA) is 86.3 Å². The van der Waals surface area contributed by atoms with Gasteiger partial charge in [-0.05, 0) is 31.0 Å². The van der Waals surface area contributed by atoms with E-state index in [1.165, 1.54) is 4.90 Å². The summed E-state index contributed by atoms with van der Waals surface area (Å²) >= 11 is 0. The van der Waals surface area contributed by atoms with E-state index in [2.05, 4.69) is 32.2 Å². The number of carbonyl (C=O) groups is 1. The Labute approximate surface area is 110 Å². The van der Waals surface area contributed by atoms with Crippen LogP contribution in [0.25, 0.3) is 0 Å². The van der Waals surface area contributed by atoms with Gasteiger partial charge in [0.1, 0.15) is 0 Å². The summed E-state index contributed by atoms with van der Waals surface area (Å²) in [6, 6.07) is 7.05. The number of hydrogen-bond donors (Lipinski definition) is 2. The van der Waals surface area contributed by atoms with Crippen molar-refractivity contribution in [2.75, 3.05) is 19.4 Å². The molecule has 0 aliphatic rings. The lowest BCUT2D eigenvalue weighted by Gasteiger charge is -2.10. The van der Waals surface area contributed by atoms with Gasteiger partial charge < -0.3 is 10.2 Å². The normalized spacial score (nSPS) is 10.0. The number of hydrogen-bond acceptors (Lipinski definition) is 5. The first-order valence-corrected chi connectivity index (χ1v) is 5.58. The van der Waals surface area contributed by atoms with Gasteiger partial charge in [-0.25, -0.2) is 10.1 Å². The number of aliphatic imine (C=N–C) groups is 1. The molecule has 7 heteroatoms. The predicted molar refractivity (Wildman–Crippen MR) is 73.3 cm³/mol. The van der Waals surface area contributed by atoms with E-state index in [0.29, 0.717) is 17.5 Å². The highest BCUT2D eigenvalue weighted by Gasteiger charge is 2.07. The zero-order valence-corrected chi connectivity index (χ0v) is 10.7. The van der Waals surface area contributed by atoms with E-state index < -0.39 is 0 Å². The van der Waals surface area contributed by atoms with Crippen LogP contribution in [0.1, 0.15) is 10.4 Å². The van der Waals surface area contributed by atoms with Crippen LogP contribution in [-0.4, -0.2) is 46.8 Å². The minimum Gasteiger partial charge on any atom is -0.345 e. The lowest BCUT2D eigenvalue weighted by molar-refractivity contribution is 0.0827. The van der Waals surface area contributed by atoms with Crippen molar-refractivity contribution < 1.29 is 4.79 Å². The van der Waals surface area contributed by atoms with E-state index in [-0.39, 0.29) is 5.91 Å². The Morgan fingerprint density at radius 1 is 1.37 bits per heavy atom. The van der Waals surface area contributed by atoms with Crippen LogP contribution < -0.4 is 5.32 Å². The minimum absolute atomic E-state index is 0.0393. The number of amides is 1. The molecule has 0 radical (unpaired) electrons. The molecule has 2 rings (SSSR count). The third-order valence-corrected chi connectivity index (χ3v) is 2.42. The molecule has 7 nitrogen and oxygen atoms in total. The number of rotatable bonds is 4. The fourth-order valence-corrected chi connectivity index (χ4v) is 1.46. The van der Waals surface area contributed by atoms with Gasteiger partial charge in [-0.15, -0.1) is 5.10 Å². The molecule has 0 aliphatic carbocycles. The second-order valence-corrected chi connectivity index (χ2v) is 4.04. The number of nitrogens with zero attached hydrogens (tertiary/aromatic N) is 4. The maximum atomic E-state index is 11.7. The first-order chi connectivity index (χ1) is 9.10. The summed E-state index contributed by atoms with van der Waals surface area (Å²) in [5, 5.41) is 9.51. The Morgan fingerprint density at radius 3 is 2.58 bits per heavy atom. The van der Waals surface area contributed by atoms with Gasteiger partial charge in [-0.2, -0.15) is 4.98 Å². The predicted octanol–water partition coefficient (Wildman–Crippen LogP) is 1.58. The van der Waals surface area contributed by atoms with Crippen LogP contribution >= 0.6 is 0 Å². The van der Waals surface area contributed by atoms with Crippen LogP contribution in [0.3, 0.4) is 0 Å². The van der Waals surface area contributed by atoms with Crippen molar-refractivity contribution in [3.05, 3.63) is 29.8 Å². The smallest absolute Gasteiger partial charge is 0.253 e. The van der Waals surface area contributed by atoms with Gasteiger partial charge in [-0.1, -0.05) is 0 Å². The summed E-state index contributed by atoms with van der Waals surface area (Å²) in [4.78, 5) is 20.9. The molecule has 2 N–H and O–H groups in total. The molecule has 1 heterocycles. The Balaban J connectivity index is 2.10. The number of anilines is 2. The van der Waals surface area contributed by atoms with Gasteiger partial charge in [0.05, 0.1) is 0 Å². The first kappa shape index (κ1) is 12.7. The van der Waals surface area contributed by atoms with Gasteiger partial charge in [-0.3, -0.25) is 4.79 Å². The molecule has 19 heavy (non-hydrogen) atoms. The molecule has 1 aromatic carbocycles. The van der Waals surface area contributed by atoms with E-state index in [1.54, 1.807) is 38.4 Å². The molecule has 0 saturated carbocycles. The van der Waals surface area contributed by atoms with Crippen LogP contribution in [0.15, 0.2) is 29.3 Å². The summed E-state index contributed by atoms with van der Waals surface area (Å²) in [5.74, 6) is 0.707. The zero-order chi connectivity index (χ0) is 13.8. The number of aromatic amines is 1. The Bertz CT molecular complexity index is 587. The maximum Gasteiger partial charge on any atom is 0.253 e. The van der Waals surface area contributed by atoms with Gasteiger partial charge in [0.15, 0.2) is 0 Å². The molecule has 0 bridgehead atoms. The second-order valence-electron chi connectivity index (χ2n) is 4.04. The third kappa shape index (κ3) is 2.95. The Morgan fingerprint density at radius 2 is 2.05 bits per heavy atom. The molecule has 0 saturated heterocycles. The average molecular weight is 258 g/mol. The van der Waals surface area contributed by atoms with Crippen LogP contribution in [0, 0.1) is 0 Å². The molecule has 2 aromatic rings. The molecule has 0 aliphatic heterocycles. The second kappa shape index (κ2) is 5.30. The summed E-state index contributed by atoms with van der Waals surface area (Å²) < 4.78 is 0. The van der Waals surface area contributed by atoms with Crippen molar-refractivity contribution in [3.63, 3.8) is 0 Å². The van der Waals surface area contributed by atoms with Crippen molar-refractivity contribution in [2.24, 2.45) is 4.99 Å². The van der Waals surface area contributed by atoms with E-state index in [9.17, 15) is 4.79 Å². The SMILES string of the molecule is C=Nc1nc(Nc2ccc(C(=O)N(C)C)cc2)n[nH]1. The van der Waals surface area contributed by atoms with Gasteiger partial charge in [0, 0.05) is 25.3 Å². The largest absolute Gasteiger partial charge is 0.345 e. The maximum absolute atomic E-state index is 11.7. The molecule has 0 unspecified atom stereocenters. The van der Waals surface area contributed by atoms with E-state index in [1.807, 2.05) is 0 Å². The summed E-state index contributed by atoms with van der Waals surface area (Å²) in [5.41, 5.74) is 1.41. The lowest BCUT2D eigenvalue weighted by atomic mass is 10.2. The van der Waals surface area contributed by atoms with Gasteiger partial charge >= 0.3 is 0 Å². The summed E-state index contributed by atoms with van der Waals surface area (Å²) in [6.45, 7) is 3.35. The van der Waals surface area contributed by atoms with Crippen LogP contribution in [-0.2, 0) is 0 Å². The van der Waals surface area contributed by atoms with Crippen molar-refractivity contribution in [1.29, 1.82) is 0 Å². The fourth-order valence-electron chi connectivity index (χ4n) is 1.46. The molecule has 0 spiro atoms. The Hall–Kier alpha value is -2.70. The quantitative estimate of drug-likeness (QED) is 0.815. The highest BCUT2D eigenvalue weighted by molar-refractivity contribution is 5.94. The van der Waals surface area contributed by atoms with Crippen LogP contribution in [0.2, 0.25) is 0 Å². The third-order valence-electron chi connectivity index (χ3n) is 2.42. The monoisotopic (exact) mass is 258 g/mol. The van der Waals surface area contributed by atoms with Crippen molar-refractivity contribution in [1.82, 2.24) is 20.1 Å². The average Bonchev–Trinajstić information content (AvgIpc) is 2.86. The number of aromatic nitrogens is 3. The molecule has 1 aromatic heterocycles. The van der Waals surface area contributed by atoms with Gasteiger partial charge in [0.25, 0.3) is 5.91 Å². The van der Waals surface area contributed by atoms with Crippen molar-refractivity contribution in [3.8, 4) is 0 Å². The zero-order valence-electron chi connectivity index (χ0n) is 10.7. The summed E-state index contributed by atoms with van der Waals surface area (Å²) in [7, 11) is 3.43. The molecule has 0 fully saturated rings. The lowest BCUT2D eigenvalue weighted by Crippen LogP contribution is -2.21. The van der Waals surface area contributed by atoms with E-state index >= 15 is 0 Å². The highest BCUT2D eigenvalue weighted by atomic mass is 16.2. The van der Waals surface area contributed by atoms with Crippen molar-refractivity contribution >= 4 is 30.2 Å². The number of nitrogens with one attached hydrogen (secondary N) is 2. The molecular weight excluding hydrogens is 244 g/mol. The molecule has 0 atom stereocenters. The van der Waals surface area contributed by atoms with E-state index in [0.717, 1.165) is 5.69 Å². The molecule has 1 amide bonds. The summed E-state index contributed by atoms with van der Waals surface area (Å²) in [6.07, 6.45) is 0. The number of benzene rings is 1. The number of carbonyl (C=O) groups excluding carboxylic acids is 1.